The summed E-state index contributed by atoms with van der Waals surface area (Å²) < 4.78 is 10.7. The molecular formula is C28H25N3O5. The number of nitrogens with one attached hydrogen (secondary N) is 2. The van der Waals surface area contributed by atoms with Crippen LogP contribution in [0, 0.1) is 6.92 Å². The predicted octanol–water partition coefficient (Wildman–Crippen LogP) is 4.94. The van der Waals surface area contributed by atoms with Crippen molar-refractivity contribution in [1.82, 2.24) is 10.3 Å². The van der Waals surface area contributed by atoms with Gasteiger partial charge in [0.15, 0.2) is 12.3 Å². The fourth-order valence-electron chi connectivity index (χ4n) is 3.57. The van der Waals surface area contributed by atoms with Crippen molar-refractivity contribution in [2.75, 3.05) is 11.9 Å². The number of benzene rings is 3. The van der Waals surface area contributed by atoms with Gasteiger partial charge in [-0.15, -0.1) is 0 Å². The first-order valence-corrected chi connectivity index (χ1v) is 11.4. The van der Waals surface area contributed by atoms with Crippen LogP contribution in [0.1, 0.15) is 45.1 Å². The van der Waals surface area contributed by atoms with Crippen LogP contribution >= 0.6 is 0 Å². The van der Waals surface area contributed by atoms with Crippen LogP contribution in [0.3, 0.4) is 0 Å². The van der Waals surface area contributed by atoms with E-state index in [1.54, 1.807) is 31.2 Å². The molecular weight excluding hydrogens is 458 g/mol. The molecule has 1 unspecified atom stereocenters. The van der Waals surface area contributed by atoms with Crippen molar-refractivity contribution < 1.29 is 23.5 Å². The standard InChI is InChI=1S/C28H25N3O5/c1-18(20-11-5-3-6-12-20)29-26(33)22-15-9-10-16-23(22)30-24(32)17-35-28(34)25-19(2)36-27(31-25)21-13-7-4-8-14-21/h3-16,18H,17H2,1-2H3,(H,29,33)(H,30,32). The predicted molar refractivity (Wildman–Crippen MR) is 134 cm³/mol. The largest absolute Gasteiger partial charge is 0.451 e. The molecule has 1 heterocycles. The Morgan fingerprint density at radius 1 is 0.917 bits per heavy atom. The van der Waals surface area contributed by atoms with Crippen molar-refractivity contribution in [3.63, 3.8) is 0 Å². The first-order valence-electron chi connectivity index (χ1n) is 11.4. The average molecular weight is 484 g/mol. The molecule has 0 aliphatic rings. The molecule has 0 aliphatic heterocycles. The smallest absolute Gasteiger partial charge is 0.361 e. The summed E-state index contributed by atoms with van der Waals surface area (Å²) in [7, 11) is 0. The van der Waals surface area contributed by atoms with Gasteiger partial charge >= 0.3 is 5.97 Å². The zero-order chi connectivity index (χ0) is 25.5. The Labute approximate surface area is 208 Å². The SMILES string of the molecule is Cc1oc(-c2ccccc2)nc1C(=O)OCC(=O)Nc1ccccc1C(=O)NC(C)c1ccccc1. The molecule has 3 aromatic carbocycles. The summed E-state index contributed by atoms with van der Waals surface area (Å²) in [5, 5.41) is 5.56. The molecule has 4 rings (SSSR count). The maximum atomic E-state index is 12.9. The Balaban J connectivity index is 1.37. The Morgan fingerprint density at radius 2 is 1.56 bits per heavy atom. The molecule has 1 atom stereocenters. The zero-order valence-electron chi connectivity index (χ0n) is 19.9. The van der Waals surface area contributed by atoms with Gasteiger partial charge in [0.05, 0.1) is 17.3 Å². The molecule has 0 saturated carbocycles. The van der Waals surface area contributed by atoms with E-state index < -0.39 is 18.5 Å². The Kier molecular flexibility index (Phi) is 7.55. The lowest BCUT2D eigenvalue weighted by Gasteiger charge is -2.16. The molecule has 0 radical (unpaired) electrons. The number of esters is 1. The summed E-state index contributed by atoms with van der Waals surface area (Å²) in [6.07, 6.45) is 0. The van der Waals surface area contributed by atoms with Crippen molar-refractivity contribution in [1.29, 1.82) is 0 Å². The number of carbonyl (C=O) groups excluding carboxylic acids is 3. The second-order valence-electron chi connectivity index (χ2n) is 8.07. The molecule has 182 valence electrons. The Bertz CT molecular complexity index is 1370. The minimum atomic E-state index is -0.781. The second-order valence-corrected chi connectivity index (χ2v) is 8.07. The van der Waals surface area contributed by atoms with Crippen molar-refractivity contribution in [3.8, 4) is 11.5 Å². The highest BCUT2D eigenvalue weighted by molar-refractivity contribution is 6.04. The maximum absolute atomic E-state index is 12.9. The normalized spacial score (nSPS) is 11.4. The number of hydrogen-bond acceptors (Lipinski definition) is 6. The van der Waals surface area contributed by atoms with Crippen LogP contribution in [0.15, 0.2) is 89.3 Å². The summed E-state index contributed by atoms with van der Waals surface area (Å²) in [5.41, 5.74) is 2.27. The number of aryl methyl sites for hydroxylation is 1. The van der Waals surface area contributed by atoms with Gasteiger partial charge in [-0.25, -0.2) is 9.78 Å². The number of anilines is 1. The summed E-state index contributed by atoms with van der Waals surface area (Å²) in [4.78, 5) is 42.1. The van der Waals surface area contributed by atoms with Gasteiger partial charge in [0.25, 0.3) is 11.8 Å². The maximum Gasteiger partial charge on any atom is 0.361 e. The number of carbonyl (C=O) groups is 3. The lowest BCUT2D eigenvalue weighted by molar-refractivity contribution is -0.119. The number of oxazole rings is 1. The summed E-state index contributed by atoms with van der Waals surface area (Å²) in [6.45, 7) is 2.92. The summed E-state index contributed by atoms with van der Waals surface area (Å²) in [6, 6.07) is 25.1. The number of nitrogens with zero attached hydrogens (tertiary/aromatic N) is 1. The van der Waals surface area contributed by atoms with Gasteiger partial charge in [0.1, 0.15) is 5.76 Å². The van der Waals surface area contributed by atoms with E-state index in [9.17, 15) is 14.4 Å². The summed E-state index contributed by atoms with van der Waals surface area (Å²) in [5.74, 6) is -1.14. The number of aromatic nitrogens is 1. The van der Waals surface area contributed by atoms with Crippen LogP contribution in [-0.2, 0) is 9.53 Å². The highest BCUT2D eigenvalue weighted by Crippen LogP contribution is 2.22. The number of ether oxygens (including phenoxy) is 1. The second kappa shape index (κ2) is 11.1. The topological polar surface area (TPSA) is 111 Å². The lowest BCUT2D eigenvalue weighted by Crippen LogP contribution is -2.28. The number of amides is 2. The van der Waals surface area contributed by atoms with Gasteiger partial charge < -0.3 is 19.8 Å². The average Bonchev–Trinajstić information content (AvgIpc) is 3.30. The van der Waals surface area contributed by atoms with Crippen molar-refractivity contribution >= 4 is 23.5 Å². The first-order chi connectivity index (χ1) is 17.4. The summed E-state index contributed by atoms with van der Waals surface area (Å²) >= 11 is 0. The third-order valence-electron chi connectivity index (χ3n) is 5.44. The van der Waals surface area contributed by atoms with Gasteiger partial charge in [0.2, 0.25) is 5.89 Å². The third-order valence-corrected chi connectivity index (χ3v) is 5.44. The number of hydrogen-bond donors (Lipinski definition) is 2. The molecule has 0 bridgehead atoms. The van der Waals surface area contributed by atoms with Gasteiger partial charge in [0, 0.05) is 5.56 Å². The van der Waals surface area contributed by atoms with Crippen molar-refractivity contribution in [2.24, 2.45) is 0 Å². The van der Waals surface area contributed by atoms with Crippen LogP contribution in [0.25, 0.3) is 11.5 Å². The van der Waals surface area contributed by atoms with E-state index in [1.165, 1.54) is 0 Å². The molecule has 0 fully saturated rings. The van der Waals surface area contributed by atoms with Crippen LogP contribution in [0.2, 0.25) is 0 Å². The van der Waals surface area contributed by atoms with Gasteiger partial charge in [-0.2, -0.15) is 0 Å². The van der Waals surface area contributed by atoms with Crippen LogP contribution in [0.4, 0.5) is 5.69 Å². The zero-order valence-corrected chi connectivity index (χ0v) is 19.9. The molecule has 1 aromatic heterocycles. The Morgan fingerprint density at radius 3 is 2.28 bits per heavy atom. The van der Waals surface area contributed by atoms with E-state index in [-0.39, 0.29) is 29.3 Å². The van der Waals surface area contributed by atoms with Gasteiger partial charge in [-0.1, -0.05) is 60.7 Å². The molecule has 0 aliphatic carbocycles. The van der Waals surface area contributed by atoms with Crippen LogP contribution in [0.5, 0.6) is 0 Å². The molecule has 36 heavy (non-hydrogen) atoms. The van der Waals surface area contributed by atoms with E-state index in [1.807, 2.05) is 67.6 Å². The molecule has 0 spiro atoms. The molecule has 2 amide bonds. The molecule has 4 aromatic rings. The van der Waals surface area contributed by atoms with E-state index in [4.69, 9.17) is 9.15 Å². The number of rotatable bonds is 8. The third kappa shape index (κ3) is 5.85. The van der Waals surface area contributed by atoms with Crippen LogP contribution in [-0.4, -0.2) is 29.4 Å². The van der Waals surface area contributed by atoms with Gasteiger partial charge in [-0.05, 0) is 43.7 Å². The molecule has 2 N–H and O–H groups in total. The minimum absolute atomic E-state index is 0.00340. The van der Waals surface area contributed by atoms with E-state index >= 15 is 0 Å². The quantitative estimate of drug-likeness (QED) is 0.344. The molecule has 8 nitrogen and oxygen atoms in total. The van der Waals surface area contributed by atoms with E-state index in [0.717, 1.165) is 5.56 Å². The fourth-order valence-corrected chi connectivity index (χ4v) is 3.57. The minimum Gasteiger partial charge on any atom is -0.451 e. The highest BCUT2D eigenvalue weighted by atomic mass is 16.5. The molecule has 8 heteroatoms. The fraction of sp³-hybridized carbons (Fsp3) is 0.143. The molecule has 0 saturated heterocycles. The van der Waals surface area contributed by atoms with Gasteiger partial charge in [-0.3, -0.25) is 9.59 Å². The van der Waals surface area contributed by atoms with Crippen LogP contribution < -0.4 is 10.6 Å². The van der Waals surface area contributed by atoms with Crippen molar-refractivity contribution in [3.05, 3.63) is 108 Å². The lowest BCUT2D eigenvalue weighted by atomic mass is 10.1. The Hall–Kier alpha value is -4.72. The number of para-hydroxylation sites is 1. The van der Waals surface area contributed by atoms with E-state index in [0.29, 0.717) is 16.8 Å². The monoisotopic (exact) mass is 483 g/mol. The van der Waals surface area contributed by atoms with E-state index in [2.05, 4.69) is 15.6 Å². The van der Waals surface area contributed by atoms with Crippen molar-refractivity contribution in [2.45, 2.75) is 19.9 Å². The highest BCUT2D eigenvalue weighted by Gasteiger charge is 2.21. The first kappa shape index (κ1) is 24.4.